The number of carboxylic acids is 1. The molecule has 3 rings (SSSR count). The quantitative estimate of drug-likeness (QED) is 0.598. The highest BCUT2D eigenvalue weighted by Crippen LogP contribution is 2.27. The van der Waals surface area contributed by atoms with E-state index >= 15 is 0 Å². The molecule has 0 saturated heterocycles. The third kappa shape index (κ3) is 4.07. The maximum atomic E-state index is 11.8. The van der Waals surface area contributed by atoms with Crippen molar-refractivity contribution in [3.05, 3.63) is 59.9 Å². The second kappa shape index (κ2) is 7.34. The molecule has 4 N–H and O–H groups in total. The minimum atomic E-state index is -3.32. The number of carboxylic acid groups (broad SMARTS) is 1. The Kier molecular flexibility index (Phi) is 5.11. The van der Waals surface area contributed by atoms with Crippen LogP contribution in [0.15, 0.2) is 53.6 Å². The van der Waals surface area contributed by atoms with Gasteiger partial charge < -0.3 is 15.8 Å². The number of carbonyl (C=O) groups is 1. The number of nitrogens with two attached hydrogens (primary N) is 1. The van der Waals surface area contributed by atoms with Crippen molar-refractivity contribution in [2.45, 2.75) is 11.3 Å². The van der Waals surface area contributed by atoms with E-state index in [1.807, 2.05) is 0 Å². The summed E-state index contributed by atoms with van der Waals surface area (Å²) in [6, 6.07) is 11.7. The number of H-pyrrole nitrogens is 1. The molecular weight excluding hydrogens is 366 g/mol. The predicted octanol–water partition coefficient (Wildman–Crippen LogP) is 2.35. The number of hydrogen-bond donors (Lipinski definition) is 3. The van der Waals surface area contributed by atoms with Gasteiger partial charge in [-0.2, -0.15) is 0 Å². The molecule has 3 aromatic rings. The third-order valence-corrected chi connectivity index (χ3v) is 5.26. The Hall–Kier alpha value is -2.97. The Morgan fingerprint density at radius 2 is 1.96 bits per heavy atom. The van der Waals surface area contributed by atoms with E-state index in [4.69, 9.17) is 5.73 Å². The predicted molar refractivity (Wildman–Crippen MR) is 102 cm³/mol. The van der Waals surface area contributed by atoms with E-state index in [0.717, 1.165) is 11.8 Å². The van der Waals surface area contributed by atoms with Gasteiger partial charge in [0.15, 0.2) is 9.84 Å². The van der Waals surface area contributed by atoms with Crippen LogP contribution in [0.1, 0.15) is 16.1 Å². The molecule has 0 bridgehead atoms. The van der Waals surface area contributed by atoms with Crippen LogP contribution in [-0.2, 0) is 16.3 Å². The number of benzene rings is 1. The monoisotopic (exact) mass is 385 g/mol. The number of nitrogens with one attached hydrogen (secondary N) is 1. The average molecular weight is 385 g/mol. The molecule has 0 amide bonds. The molecule has 1 aromatic carbocycles. The van der Waals surface area contributed by atoms with Crippen LogP contribution in [0.2, 0.25) is 0 Å². The van der Waals surface area contributed by atoms with Gasteiger partial charge >= 0.3 is 5.97 Å². The molecule has 0 unspecified atom stereocenters. The van der Waals surface area contributed by atoms with Crippen LogP contribution in [0.5, 0.6) is 0 Å². The van der Waals surface area contributed by atoms with Crippen LogP contribution < -0.4 is 5.73 Å². The number of nitrogens with zero attached hydrogens (tertiary/aromatic N) is 1. The summed E-state index contributed by atoms with van der Waals surface area (Å²) in [5.41, 5.74) is 8.94. The van der Waals surface area contributed by atoms with E-state index in [2.05, 4.69) is 9.97 Å². The number of rotatable bonds is 6. The average Bonchev–Trinajstić information content (AvgIpc) is 3.06. The first-order valence-corrected chi connectivity index (χ1v) is 10.1. The Morgan fingerprint density at radius 1 is 1.19 bits per heavy atom. The fraction of sp³-hybridized carbons (Fsp3) is 0.158. The fourth-order valence-corrected chi connectivity index (χ4v) is 3.49. The highest BCUT2D eigenvalue weighted by Gasteiger charge is 2.16. The van der Waals surface area contributed by atoms with Gasteiger partial charge in [0.25, 0.3) is 0 Å². The van der Waals surface area contributed by atoms with Crippen molar-refractivity contribution in [1.82, 2.24) is 9.97 Å². The van der Waals surface area contributed by atoms with E-state index in [9.17, 15) is 18.3 Å². The molecule has 2 heterocycles. The molecule has 2 aromatic heterocycles. The molecule has 0 fully saturated rings. The summed E-state index contributed by atoms with van der Waals surface area (Å²) in [5, 5.41) is 9.36. The zero-order valence-electron chi connectivity index (χ0n) is 14.6. The summed E-state index contributed by atoms with van der Waals surface area (Å²) in [5.74, 6) is -1.02. The van der Waals surface area contributed by atoms with Gasteiger partial charge in [0.05, 0.1) is 16.2 Å². The standard InChI is InChI=1S/C19H19N3O4S/c1-27(25,26)14-4-2-3-12(9-14)17-10-13(6-8-21-17)18-11-15(19(23)24)16(22-18)5-7-20/h2-4,6,8-11,22H,5,7,20H2,1H3,(H,23,24). The summed E-state index contributed by atoms with van der Waals surface area (Å²) >= 11 is 0. The van der Waals surface area contributed by atoms with Gasteiger partial charge in [0.1, 0.15) is 0 Å². The van der Waals surface area contributed by atoms with Crippen LogP contribution in [0.3, 0.4) is 0 Å². The van der Waals surface area contributed by atoms with E-state index in [1.165, 1.54) is 6.07 Å². The lowest BCUT2D eigenvalue weighted by atomic mass is 10.1. The third-order valence-electron chi connectivity index (χ3n) is 4.15. The summed E-state index contributed by atoms with van der Waals surface area (Å²) in [6.07, 6.45) is 3.18. The van der Waals surface area contributed by atoms with Gasteiger partial charge in [-0.1, -0.05) is 12.1 Å². The summed E-state index contributed by atoms with van der Waals surface area (Å²) in [7, 11) is -3.32. The molecule has 0 radical (unpaired) electrons. The maximum Gasteiger partial charge on any atom is 0.337 e. The van der Waals surface area contributed by atoms with Crippen LogP contribution in [0, 0.1) is 0 Å². The van der Waals surface area contributed by atoms with E-state index in [0.29, 0.717) is 35.6 Å². The van der Waals surface area contributed by atoms with Crippen molar-refractivity contribution < 1.29 is 18.3 Å². The van der Waals surface area contributed by atoms with Gasteiger partial charge in [-0.25, -0.2) is 13.2 Å². The van der Waals surface area contributed by atoms with Crippen LogP contribution in [-0.4, -0.2) is 42.3 Å². The lowest BCUT2D eigenvalue weighted by molar-refractivity contribution is 0.0696. The lowest BCUT2D eigenvalue weighted by Gasteiger charge is -2.06. The van der Waals surface area contributed by atoms with E-state index < -0.39 is 15.8 Å². The van der Waals surface area contributed by atoms with Crippen molar-refractivity contribution >= 4 is 15.8 Å². The topological polar surface area (TPSA) is 126 Å². The number of sulfone groups is 1. The Balaban J connectivity index is 2.05. The maximum absolute atomic E-state index is 11.8. The van der Waals surface area contributed by atoms with Gasteiger partial charge in [-0.05, 0) is 36.9 Å². The Bertz CT molecular complexity index is 1100. The van der Waals surface area contributed by atoms with E-state index in [1.54, 1.807) is 42.6 Å². The Labute approximate surface area is 156 Å². The first-order chi connectivity index (χ1) is 12.8. The highest BCUT2D eigenvalue weighted by atomic mass is 32.2. The van der Waals surface area contributed by atoms with Crippen LogP contribution >= 0.6 is 0 Å². The second-order valence-corrected chi connectivity index (χ2v) is 8.16. The molecule has 0 saturated carbocycles. The smallest absolute Gasteiger partial charge is 0.337 e. The molecule has 0 spiro atoms. The molecular formula is C19H19N3O4S. The summed E-state index contributed by atoms with van der Waals surface area (Å²) in [6.45, 7) is 0.333. The molecule has 7 nitrogen and oxygen atoms in total. The number of hydrogen-bond acceptors (Lipinski definition) is 5. The molecule has 0 aliphatic carbocycles. The van der Waals surface area contributed by atoms with Gasteiger partial charge in [0, 0.05) is 41.4 Å². The normalized spacial score (nSPS) is 11.5. The van der Waals surface area contributed by atoms with Crippen molar-refractivity contribution in [2.75, 3.05) is 12.8 Å². The van der Waals surface area contributed by atoms with Crippen molar-refractivity contribution in [1.29, 1.82) is 0 Å². The lowest BCUT2D eigenvalue weighted by Crippen LogP contribution is -2.07. The van der Waals surface area contributed by atoms with Gasteiger partial charge in [-0.3, -0.25) is 4.98 Å². The SMILES string of the molecule is CS(=O)(=O)c1cccc(-c2cc(-c3cc(C(=O)O)c(CCN)[nH]3)ccn2)c1. The number of pyridine rings is 1. The Morgan fingerprint density at radius 3 is 2.63 bits per heavy atom. The largest absolute Gasteiger partial charge is 0.478 e. The van der Waals surface area contributed by atoms with Gasteiger partial charge in [-0.15, -0.1) is 0 Å². The zero-order chi connectivity index (χ0) is 19.6. The van der Waals surface area contributed by atoms with Crippen molar-refractivity contribution in [3.63, 3.8) is 0 Å². The highest BCUT2D eigenvalue weighted by molar-refractivity contribution is 7.90. The first-order valence-electron chi connectivity index (χ1n) is 8.22. The van der Waals surface area contributed by atoms with Crippen molar-refractivity contribution in [2.24, 2.45) is 5.73 Å². The first kappa shape index (κ1) is 18.8. The zero-order valence-corrected chi connectivity index (χ0v) is 15.5. The fourth-order valence-electron chi connectivity index (χ4n) is 2.83. The summed E-state index contributed by atoms with van der Waals surface area (Å²) < 4.78 is 23.6. The van der Waals surface area contributed by atoms with Crippen molar-refractivity contribution in [3.8, 4) is 22.5 Å². The summed E-state index contributed by atoms with van der Waals surface area (Å²) in [4.78, 5) is 19.1. The second-order valence-electron chi connectivity index (χ2n) is 6.15. The van der Waals surface area contributed by atoms with Crippen LogP contribution in [0.25, 0.3) is 22.5 Å². The molecule has 0 aliphatic heterocycles. The molecule has 0 aliphatic rings. The number of aromatic carboxylic acids is 1. The minimum Gasteiger partial charge on any atom is -0.478 e. The molecule has 140 valence electrons. The molecule has 0 atom stereocenters. The molecule has 8 heteroatoms. The van der Waals surface area contributed by atoms with Gasteiger partial charge in [0.2, 0.25) is 0 Å². The van der Waals surface area contributed by atoms with Crippen LogP contribution in [0.4, 0.5) is 0 Å². The molecule has 27 heavy (non-hydrogen) atoms. The minimum absolute atomic E-state index is 0.188. The number of aromatic nitrogens is 2. The van der Waals surface area contributed by atoms with E-state index in [-0.39, 0.29) is 10.5 Å². The number of aromatic amines is 1.